The number of carbonyl (C=O) groups is 1. The fourth-order valence-electron chi connectivity index (χ4n) is 1.33. The molecule has 94 valence electrons. The zero-order valence-corrected chi connectivity index (χ0v) is 10.6. The van der Waals surface area contributed by atoms with Gasteiger partial charge in [0.05, 0.1) is 11.3 Å². The predicted octanol–water partition coefficient (Wildman–Crippen LogP) is 1.22. The van der Waals surface area contributed by atoms with E-state index in [1.54, 1.807) is 0 Å². The van der Waals surface area contributed by atoms with Crippen LogP contribution in [0.25, 0.3) is 0 Å². The summed E-state index contributed by atoms with van der Waals surface area (Å²) in [7, 11) is -3.37. The van der Waals surface area contributed by atoms with Crippen LogP contribution in [0.4, 0.5) is 0 Å². The van der Waals surface area contributed by atoms with Crippen molar-refractivity contribution >= 4 is 27.4 Å². The highest BCUT2D eigenvalue weighted by Gasteiger charge is 2.17. The first-order valence-electron chi connectivity index (χ1n) is 4.68. The minimum absolute atomic E-state index is 0.0674. The lowest BCUT2D eigenvalue weighted by Crippen LogP contribution is -2.16. The van der Waals surface area contributed by atoms with Gasteiger partial charge in [0.15, 0.2) is 9.84 Å². The zero-order chi connectivity index (χ0) is 13.2. The van der Waals surface area contributed by atoms with E-state index in [-0.39, 0.29) is 16.3 Å². The number of hydrogen-bond acceptors (Lipinski definition) is 4. The minimum Gasteiger partial charge on any atom is -0.481 e. The van der Waals surface area contributed by atoms with Crippen molar-refractivity contribution < 1.29 is 18.3 Å². The quantitative estimate of drug-likeness (QED) is 0.862. The molecule has 0 fully saturated rings. The summed E-state index contributed by atoms with van der Waals surface area (Å²) in [6, 6.07) is 3.23. The molecular weight excluding hydrogens is 266 g/mol. The van der Waals surface area contributed by atoms with E-state index in [1.807, 2.05) is 0 Å². The van der Waals surface area contributed by atoms with Gasteiger partial charge in [0.2, 0.25) is 0 Å². The van der Waals surface area contributed by atoms with Crippen LogP contribution in [0.2, 0.25) is 5.02 Å². The second-order valence-electron chi connectivity index (χ2n) is 3.66. The number of halogens is 1. The summed E-state index contributed by atoms with van der Waals surface area (Å²) in [5, 5.41) is 8.88. The number of carboxylic acids is 1. The van der Waals surface area contributed by atoms with Crippen molar-refractivity contribution in [3.05, 3.63) is 28.8 Å². The van der Waals surface area contributed by atoms with Crippen molar-refractivity contribution in [2.75, 3.05) is 6.26 Å². The van der Waals surface area contributed by atoms with Gasteiger partial charge in [0, 0.05) is 17.3 Å². The Labute approximate surface area is 104 Å². The summed E-state index contributed by atoms with van der Waals surface area (Å²) < 4.78 is 22.7. The van der Waals surface area contributed by atoms with Crippen LogP contribution in [0.1, 0.15) is 18.0 Å². The van der Waals surface area contributed by atoms with Gasteiger partial charge in [-0.2, -0.15) is 0 Å². The van der Waals surface area contributed by atoms with Crippen LogP contribution in [0, 0.1) is 0 Å². The van der Waals surface area contributed by atoms with Gasteiger partial charge in [-0.3, -0.25) is 4.79 Å². The van der Waals surface area contributed by atoms with E-state index in [2.05, 4.69) is 0 Å². The molecule has 1 unspecified atom stereocenters. The van der Waals surface area contributed by atoms with Crippen molar-refractivity contribution in [2.45, 2.75) is 17.4 Å². The highest BCUT2D eigenvalue weighted by Crippen LogP contribution is 2.26. The van der Waals surface area contributed by atoms with Crippen molar-refractivity contribution in [1.29, 1.82) is 0 Å². The molecule has 0 aromatic heterocycles. The number of rotatable bonds is 4. The van der Waals surface area contributed by atoms with Crippen molar-refractivity contribution in [3.63, 3.8) is 0 Å². The van der Waals surface area contributed by atoms with E-state index in [4.69, 9.17) is 22.4 Å². The highest BCUT2D eigenvalue weighted by atomic mass is 35.5. The van der Waals surface area contributed by atoms with Gasteiger partial charge in [-0.1, -0.05) is 11.6 Å². The van der Waals surface area contributed by atoms with Crippen LogP contribution in [-0.2, 0) is 14.6 Å². The smallest absolute Gasteiger partial charge is 0.305 e. The molecule has 1 aromatic rings. The summed E-state index contributed by atoms with van der Waals surface area (Å²) in [4.78, 5) is 10.6. The van der Waals surface area contributed by atoms with Gasteiger partial charge in [0.25, 0.3) is 0 Å². The van der Waals surface area contributed by atoms with E-state index in [9.17, 15) is 13.2 Å². The summed E-state index contributed by atoms with van der Waals surface area (Å²) in [6.07, 6.45) is 0.746. The first-order valence-corrected chi connectivity index (χ1v) is 6.95. The summed E-state index contributed by atoms with van der Waals surface area (Å²) in [5.74, 6) is -1.07. The monoisotopic (exact) mass is 277 g/mol. The number of sulfone groups is 1. The van der Waals surface area contributed by atoms with Crippen LogP contribution in [0.5, 0.6) is 0 Å². The van der Waals surface area contributed by atoms with Crippen molar-refractivity contribution in [1.82, 2.24) is 0 Å². The fraction of sp³-hybridized carbons (Fsp3) is 0.300. The maximum Gasteiger partial charge on any atom is 0.305 e. The van der Waals surface area contributed by atoms with E-state index in [0.29, 0.717) is 5.56 Å². The molecule has 0 aliphatic heterocycles. The number of nitrogens with two attached hydrogens (primary N) is 1. The molecule has 1 rings (SSSR count). The lowest BCUT2D eigenvalue weighted by atomic mass is 10.1. The first-order chi connectivity index (χ1) is 7.71. The van der Waals surface area contributed by atoms with Crippen LogP contribution in [0.3, 0.4) is 0 Å². The number of benzene rings is 1. The second kappa shape index (κ2) is 5.03. The van der Waals surface area contributed by atoms with E-state index in [1.165, 1.54) is 18.2 Å². The van der Waals surface area contributed by atoms with E-state index >= 15 is 0 Å². The topological polar surface area (TPSA) is 97.5 Å². The molecule has 0 aliphatic rings. The Bertz CT molecular complexity index is 541. The van der Waals surface area contributed by atoms with E-state index in [0.717, 1.165) is 6.26 Å². The van der Waals surface area contributed by atoms with Gasteiger partial charge < -0.3 is 10.8 Å². The molecule has 17 heavy (non-hydrogen) atoms. The number of aliphatic carboxylic acids is 1. The van der Waals surface area contributed by atoms with Crippen LogP contribution in [0.15, 0.2) is 23.1 Å². The lowest BCUT2D eigenvalue weighted by molar-refractivity contribution is -0.137. The third-order valence-corrected chi connectivity index (χ3v) is 3.64. The Morgan fingerprint density at radius 3 is 2.59 bits per heavy atom. The molecule has 0 bridgehead atoms. The van der Waals surface area contributed by atoms with Crippen LogP contribution >= 0.6 is 11.6 Å². The molecule has 3 N–H and O–H groups in total. The summed E-state index contributed by atoms with van der Waals surface area (Å²) >= 11 is 5.86. The molecule has 5 nitrogen and oxygen atoms in total. The summed E-state index contributed by atoms with van der Waals surface area (Å²) in [5.41, 5.74) is 5.97. The van der Waals surface area contributed by atoms with Crippen molar-refractivity contribution in [2.24, 2.45) is 5.73 Å². The Kier molecular flexibility index (Phi) is 4.13. The molecule has 7 heteroatoms. The average molecular weight is 278 g/mol. The second-order valence-corrected chi connectivity index (χ2v) is 6.08. The average Bonchev–Trinajstić information content (AvgIpc) is 2.15. The molecule has 0 amide bonds. The standard InChI is InChI=1S/C10H12ClNO4S/c1-17(15,16)6-2-3-8(11)7(4-6)9(12)5-10(13)14/h2-4,9H,5,12H2,1H3,(H,13,14). The largest absolute Gasteiger partial charge is 0.481 e. The number of carboxylic acid groups (broad SMARTS) is 1. The minimum atomic E-state index is -3.37. The molecule has 0 saturated heterocycles. The Balaban J connectivity index is 3.19. The van der Waals surface area contributed by atoms with Crippen LogP contribution in [-0.4, -0.2) is 25.7 Å². The maximum absolute atomic E-state index is 11.3. The van der Waals surface area contributed by atoms with E-state index < -0.39 is 21.8 Å². The van der Waals surface area contributed by atoms with Gasteiger partial charge in [-0.25, -0.2) is 8.42 Å². The summed E-state index contributed by atoms with van der Waals surface area (Å²) in [6.45, 7) is 0. The Hall–Kier alpha value is -1.11. The molecule has 0 heterocycles. The molecule has 1 atom stereocenters. The van der Waals surface area contributed by atoms with Crippen LogP contribution < -0.4 is 5.73 Å². The van der Waals surface area contributed by atoms with Gasteiger partial charge in [-0.05, 0) is 23.8 Å². The lowest BCUT2D eigenvalue weighted by Gasteiger charge is -2.12. The Morgan fingerprint density at radius 1 is 1.53 bits per heavy atom. The molecule has 0 saturated carbocycles. The SMILES string of the molecule is CS(=O)(=O)c1ccc(Cl)c(C(N)CC(=O)O)c1. The molecule has 0 spiro atoms. The number of hydrogen-bond donors (Lipinski definition) is 2. The fourth-order valence-corrected chi connectivity index (χ4v) is 2.25. The van der Waals surface area contributed by atoms with Gasteiger partial charge in [0.1, 0.15) is 0 Å². The normalized spacial score (nSPS) is 13.4. The third-order valence-electron chi connectivity index (χ3n) is 2.19. The highest BCUT2D eigenvalue weighted by molar-refractivity contribution is 7.90. The predicted molar refractivity (Wildman–Crippen MR) is 63.7 cm³/mol. The third kappa shape index (κ3) is 3.69. The first kappa shape index (κ1) is 14.0. The molecular formula is C10H12ClNO4S. The zero-order valence-electron chi connectivity index (χ0n) is 9.05. The van der Waals surface area contributed by atoms with Crippen molar-refractivity contribution in [3.8, 4) is 0 Å². The van der Waals surface area contributed by atoms with Gasteiger partial charge >= 0.3 is 5.97 Å². The molecule has 0 radical (unpaired) electrons. The molecule has 1 aromatic carbocycles. The molecule has 0 aliphatic carbocycles. The maximum atomic E-state index is 11.3. The Morgan fingerprint density at radius 2 is 2.12 bits per heavy atom. The van der Waals surface area contributed by atoms with Gasteiger partial charge in [-0.15, -0.1) is 0 Å².